The maximum absolute atomic E-state index is 12.5. The zero-order chi connectivity index (χ0) is 77.2. The van der Waals surface area contributed by atoms with E-state index in [0.717, 1.165) is 16.7 Å². The molecule has 0 fully saturated rings. The van der Waals surface area contributed by atoms with Crippen molar-refractivity contribution >= 4 is 108 Å². The summed E-state index contributed by atoms with van der Waals surface area (Å²) in [5.41, 5.74) is 10.3. The molecule has 104 heavy (non-hydrogen) atoms. The summed E-state index contributed by atoms with van der Waals surface area (Å²) in [6, 6.07) is 21.2. The minimum atomic E-state index is -3.37. The van der Waals surface area contributed by atoms with Gasteiger partial charge in [-0.2, -0.15) is 5.26 Å². The van der Waals surface area contributed by atoms with E-state index in [1.54, 1.807) is 138 Å². The zero-order valence-electron chi connectivity index (χ0n) is 60.3. The van der Waals surface area contributed by atoms with Crippen molar-refractivity contribution in [2.24, 2.45) is 0 Å². The van der Waals surface area contributed by atoms with E-state index in [-0.39, 0.29) is 104 Å². The van der Waals surface area contributed by atoms with Gasteiger partial charge in [0.15, 0.2) is 31.0 Å². The van der Waals surface area contributed by atoms with Crippen molar-refractivity contribution in [3.63, 3.8) is 0 Å². The number of nitrogens with zero attached hydrogens (tertiary/aromatic N) is 4. The summed E-state index contributed by atoms with van der Waals surface area (Å²) in [5, 5.41) is 49.4. The standard InChI is InChI=1S/2C17H23N2O6P.C12H18NO6P.C12H20NO4P.C5H5NO3.2ClH.2H2O.Sn/c1-5-23-26(21,24-6-2)11-22-16-9-14(8-7-12(16)3)19-17(20)15-10-18-25-13(15)4;1-5-24-26(22,25-6-2)11-23-16-9-14(8-7-12(16)3)19-17(21)15(10-18)13(4)20;1-4-18-20(16,19-5-2)9-17-12-8-11(13(14)15)7-6-10(12)3;1-4-16-18(14,17-5-2)9-15-12-8-11(13)7-6-10(12)3;1-3-4(5(7)8)2-6-9-3;;;;;/h7-10H,5-6,11H2,1-4H3,(H,19,20);7-9,20H,5-6,11H2,1-4H3,(H,19,21);6-8H,4-5,9H2,1-3H3;6-8H,4-5,9,13H2,1-3H3;2H,1H3,(H,7,8);2*1H;2*1H2;/q;;;;;;;;;+2/p-2/b;15-13+;;;;;;;;. The van der Waals surface area contributed by atoms with E-state index in [9.17, 15) is 47.9 Å². The van der Waals surface area contributed by atoms with Gasteiger partial charge in [-0.25, -0.2) is 4.79 Å². The molecule has 6 aromatic rings. The minimum absolute atomic E-state index is 0. The molecule has 4 aromatic carbocycles. The number of halogens is 2. The van der Waals surface area contributed by atoms with Crippen molar-refractivity contribution in [1.29, 1.82) is 5.26 Å². The number of nitriles is 1. The molecule has 580 valence electrons. The van der Waals surface area contributed by atoms with Crippen molar-refractivity contribution in [3.8, 4) is 29.1 Å². The third kappa shape index (κ3) is 36.8. The number of carbonyl (C=O) groups is 3. The summed E-state index contributed by atoms with van der Waals surface area (Å²) in [6.07, 6.45) is 1.66. The number of nitro benzene ring substituents is 1. The number of carboxylic acid groups (broad SMARTS) is 1. The number of carboxylic acids is 1. The first-order valence-corrected chi connectivity index (χ1v) is 45.1. The van der Waals surface area contributed by atoms with Gasteiger partial charge in [0.05, 0.1) is 76.2 Å². The average molecular weight is 1690 g/mol. The van der Waals surface area contributed by atoms with E-state index in [1.807, 2.05) is 19.9 Å². The van der Waals surface area contributed by atoms with Gasteiger partial charge in [-0.15, -0.1) is 0 Å². The van der Waals surface area contributed by atoms with Crippen LogP contribution in [0, 0.1) is 63.0 Å². The Labute approximate surface area is 621 Å². The number of nitrogens with one attached hydrogen (secondary N) is 2. The predicted octanol–water partition coefficient (Wildman–Crippen LogP) is 14.8. The number of nitrogens with two attached hydrogens (primary N) is 1. The Balaban J connectivity index is 0. The van der Waals surface area contributed by atoms with Gasteiger partial charge in [0.2, 0.25) is 0 Å². The number of anilines is 3. The van der Waals surface area contributed by atoms with Gasteiger partial charge in [-0.05, 0) is 150 Å². The summed E-state index contributed by atoms with van der Waals surface area (Å²) < 4.78 is 122. The Bertz CT molecular complexity index is 3850. The van der Waals surface area contributed by atoms with Gasteiger partial charge >= 0.3 is 73.1 Å². The molecule has 10 N–H and O–H groups in total. The molecule has 41 heteroatoms. The van der Waals surface area contributed by atoms with Gasteiger partial charge in [0.25, 0.3) is 17.5 Å². The van der Waals surface area contributed by atoms with Crippen molar-refractivity contribution in [2.75, 3.05) is 94.6 Å². The van der Waals surface area contributed by atoms with E-state index in [2.05, 4.69) is 25.5 Å². The second-order valence-corrected chi connectivity index (χ2v) is 32.2. The third-order valence-corrected chi connectivity index (χ3v) is 19.3. The van der Waals surface area contributed by atoms with E-state index in [1.165, 1.54) is 37.5 Å². The zero-order valence-corrected chi connectivity index (χ0v) is 68.2. The fourth-order valence-electron chi connectivity index (χ4n) is 7.62. The maximum atomic E-state index is 12.5. The molecule has 0 saturated heterocycles. The Morgan fingerprint density at radius 3 is 1.14 bits per heavy atom. The molecular weight excluding hydrogens is 1600 g/mol. The number of nitro groups is 1. The number of ether oxygens (including phenoxy) is 4. The van der Waals surface area contributed by atoms with E-state index in [0.29, 0.717) is 75.9 Å². The third-order valence-electron chi connectivity index (χ3n) is 12.3. The predicted molar refractivity (Wildman–Crippen MR) is 393 cm³/mol. The summed E-state index contributed by atoms with van der Waals surface area (Å²) >= 11 is -0.826. The molecule has 0 aliphatic heterocycles. The number of carbonyl (C=O) groups excluding carboxylic acids is 2. The number of aliphatic hydroxyl groups is 1. The number of hydrogen-bond acceptors (Lipinski definition) is 28. The number of benzene rings is 4. The number of aliphatic hydroxyl groups excluding tert-OH is 1. The second kappa shape index (κ2) is 52.1. The van der Waals surface area contributed by atoms with Crippen LogP contribution in [0.4, 0.5) is 22.7 Å². The van der Waals surface area contributed by atoms with Crippen molar-refractivity contribution < 1.29 is 123 Å². The number of amides is 2. The number of nitrogen functional groups attached to an aromatic ring is 1. The summed E-state index contributed by atoms with van der Waals surface area (Å²) in [6.45, 7) is 27.6. The molecule has 0 saturated carbocycles. The van der Waals surface area contributed by atoms with Crippen LogP contribution in [-0.2, 0) is 59.2 Å². The molecule has 0 aliphatic rings. The molecule has 0 bridgehead atoms. The molecule has 0 aliphatic carbocycles. The molecule has 0 atom stereocenters. The van der Waals surface area contributed by atoms with E-state index in [4.69, 9.17) is 93.6 Å². The fraction of sp³-hybridized carbons (Fsp3) is 0.429. The number of non-ortho nitro benzene ring substituents is 1. The van der Waals surface area contributed by atoms with Crippen LogP contribution in [0.15, 0.2) is 106 Å². The molecule has 2 amide bonds. The van der Waals surface area contributed by atoms with Crippen LogP contribution in [0.2, 0.25) is 0 Å². The van der Waals surface area contributed by atoms with Crippen LogP contribution >= 0.6 is 48.2 Å². The topological polar surface area (TPSA) is 503 Å². The Morgan fingerprint density at radius 2 is 0.856 bits per heavy atom. The first-order valence-electron chi connectivity index (χ1n) is 31.0. The molecule has 2 heterocycles. The molecule has 6 rings (SSSR count). The summed E-state index contributed by atoms with van der Waals surface area (Å²) in [7, 11) is -3.35. The molecular formula is C63H93Cl2N7O27P4Sn. The first-order chi connectivity index (χ1) is 48.2. The quantitative estimate of drug-likeness (QED) is 0.00366. The van der Waals surface area contributed by atoms with Crippen molar-refractivity contribution in [3.05, 3.63) is 152 Å². The van der Waals surface area contributed by atoms with Gasteiger partial charge in [0, 0.05) is 41.3 Å². The molecule has 0 spiro atoms. The van der Waals surface area contributed by atoms with Crippen LogP contribution in [0.3, 0.4) is 0 Å². The Kier molecular flexibility index (Phi) is 49.6. The number of allylic oxidation sites excluding steroid dienone is 1. The second-order valence-electron chi connectivity index (χ2n) is 20.0. The summed E-state index contributed by atoms with van der Waals surface area (Å²) in [4.78, 5) is 44.6. The molecule has 34 nitrogen and oxygen atoms in total. The number of aromatic carboxylic acids is 1. The van der Waals surface area contributed by atoms with Crippen LogP contribution in [0.5, 0.6) is 23.0 Å². The van der Waals surface area contributed by atoms with Crippen LogP contribution in [-0.4, -0.2) is 151 Å². The first kappa shape index (κ1) is 99.1. The van der Waals surface area contributed by atoms with Crippen LogP contribution in [0.25, 0.3) is 0 Å². The van der Waals surface area contributed by atoms with Gasteiger partial charge < -0.3 is 102 Å². The molecule has 2 aromatic heterocycles. The van der Waals surface area contributed by atoms with Gasteiger partial charge in [-0.3, -0.25) is 38.0 Å². The van der Waals surface area contributed by atoms with Crippen molar-refractivity contribution in [1.82, 2.24) is 10.3 Å². The van der Waals surface area contributed by atoms with E-state index < -0.39 is 66.1 Å². The monoisotopic (exact) mass is 1690 g/mol. The van der Waals surface area contributed by atoms with Crippen LogP contribution < -0.4 is 35.3 Å². The molecule has 0 unspecified atom stereocenters. The van der Waals surface area contributed by atoms with Gasteiger partial charge in [0.1, 0.15) is 57.5 Å². The number of hydrogen-bond donors (Lipinski definition) is 5. The van der Waals surface area contributed by atoms with E-state index >= 15 is 0 Å². The van der Waals surface area contributed by atoms with Crippen LogP contribution in [0.1, 0.15) is 117 Å². The number of rotatable bonds is 34. The van der Waals surface area contributed by atoms with Gasteiger partial charge in [-0.1, -0.05) is 28.5 Å². The summed E-state index contributed by atoms with van der Waals surface area (Å²) in [5.74, 6) is 0.0488. The number of aryl methyl sites for hydroxylation is 6. The fourth-order valence-corrected chi connectivity index (χ4v) is 12.9. The SMILES string of the molecule is CCOP(=O)(COc1cc(N)ccc1C)OCC.CCOP(=O)(COc1cc(NC(=O)/C(C#N)=C(\C)O)ccc1C)OCC.CCOP(=O)(COc1cc(NC(=O)c2cnoc2C)ccc1C)OCC.CCOP(=O)(COc1cc([N+](=O)[O-])ccc1C)OCC.Cc1oncc1C(=O)O.O.O.[Cl][Sn][Cl]. The Morgan fingerprint density at radius 1 is 0.548 bits per heavy atom. The normalized spacial score (nSPS) is 11.0. The average Bonchev–Trinajstić information content (AvgIpc) is 1.45. The van der Waals surface area contributed by atoms with Crippen molar-refractivity contribution in [2.45, 2.75) is 104 Å². The molecule has 2 radical (unpaired) electrons. The number of aromatic nitrogens is 2. The Hall–Kier alpha value is -6.96.